The van der Waals surface area contributed by atoms with Crippen molar-refractivity contribution in [2.24, 2.45) is 5.92 Å². The number of carboxylic acid groups (broad SMARTS) is 1. The van der Waals surface area contributed by atoms with E-state index >= 15 is 0 Å². The number of halogens is 6. The third-order valence-corrected chi connectivity index (χ3v) is 6.90. The molecule has 3 aromatic carbocycles. The van der Waals surface area contributed by atoms with Gasteiger partial charge in [0, 0.05) is 36.8 Å². The fourth-order valence-corrected chi connectivity index (χ4v) is 4.86. The van der Waals surface area contributed by atoms with Gasteiger partial charge in [0.15, 0.2) is 0 Å². The van der Waals surface area contributed by atoms with E-state index in [4.69, 9.17) is 9.47 Å². The number of fused-ring (bicyclic) bond motifs is 1. The molecule has 2 aliphatic rings. The molecular weight excluding hydrogens is 540 g/mol. The normalized spacial score (nSPS) is 16.2. The molecule has 0 atom stereocenters. The number of nitrogens with zero attached hydrogens (tertiary/aromatic N) is 1. The van der Waals surface area contributed by atoms with Crippen molar-refractivity contribution in [2.75, 3.05) is 26.2 Å². The predicted molar refractivity (Wildman–Crippen MR) is 133 cm³/mol. The smallest absolute Gasteiger partial charge is 0.416 e. The minimum atomic E-state index is -4.99. The molecule has 2 aliphatic heterocycles. The second-order valence-corrected chi connectivity index (χ2v) is 9.68. The van der Waals surface area contributed by atoms with E-state index in [1.54, 1.807) is 12.1 Å². The number of likely N-dealkylation sites (tertiary alicyclic amines) is 1. The van der Waals surface area contributed by atoms with E-state index < -0.39 is 47.5 Å². The topological polar surface area (TPSA) is 59.0 Å². The summed E-state index contributed by atoms with van der Waals surface area (Å²) in [5.74, 6) is -0.602. The summed E-state index contributed by atoms with van der Waals surface area (Å²) in [6, 6.07) is 15.8. The summed E-state index contributed by atoms with van der Waals surface area (Å²) in [5.41, 5.74) is 0.293. The molecule has 0 spiro atoms. The Morgan fingerprint density at radius 2 is 1.68 bits per heavy atom. The number of alkyl halides is 6. The lowest BCUT2D eigenvalue weighted by molar-refractivity contribution is -0.147. The third-order valence-electron chi connectivity index (χ3n) is 6.90. The summed E-state index contributed by atoms with van der Waals surface area (Å²) in [6.45, 7) is 0.999. The number of carbonyl (C=O) groups is 1. The van der Waals surface area contributed by atoms with Crippen molar-refractivity contribution in [3.63, 3.8) is 0 Å². The summed E-state index contributed by atoms with van der Waals surface area (Å²) in [5, 5.41) is 9.18. The minimum Gasteiger partial charge on any atom is -0.489 e. The van der Waals surface area contributed by atoms with Crippen molar-refractivity contribution in [3.8, 4) is 11.5 Å². The van der Waals surface area contributed by atoms with Crippen LogP contribution in [0.4, 0.5) is 26.3 Å². The average Bonchev–Trinajstić information content (AvgIpc) is 2.88. The molecule has 11 heteroatoms. The number of benzene rings is 3. The molecule has 5 rings (SSSR count). The third kappa shape index (κ3) is 5.79. The SMILES string of the molecule is O=C(O)C1CN(CC2=C(c3ccccc3)c3ccc(OCc4ccc(C(F)(F)F)cc4C(F)(F)F)cc3OC2)C1. The Balaban J connectivity index is 1.40. The highest BCUT2D eigenvalue weighted by molar-refractivity contribution is 5.86. The van der Waals surface area contributed by atoms with Crippen molar-refractivity contribution >= 4 is 11.5 Å². The van der Waals surface area contributed by atoms with Gasteiger partial charge in [-0.2, -0.15) is 26.3 Å². The molecule has 0 amide bonds. The Morgan fingerprint density at radius 1 is 0.950 bits per heavy atom. The van der Waals surface area contributed by atoms with Gasteiger partial charge in [-0.05, 0) is 41.0 Å². The highest BCUT2D eigenvalue weighted by Gasteiger charge is 2.38. The Hall–Kier alpha value is -3.99. The lowest BCUT2D eigenvalue weighted by Gasteiger charge is -2.38. The number of carboxylic acids is 1. The summed E-state index contributed by atoms with van der Waals surface area (Å²) in [4.78, 5) is 13.2. The van der Waals surface area contributed by atoms with Crippen LogP contribution in [0.15, 0.2) is 72.3 Å². The Labute approximate surface area is 225 Å². The van der Waals surface area contributed by atoms with Crippen LogP contribution in [-0.4, -0.2) is 42.2 Å². The maximum absolute atomic E-state index is 13.5. The zero-order valence-electron chi connectivity index (χ0n) is 20.9. The lowest BCUT2D eigenvalue weighted by Crippen LogP contribution is -2.51. The zero-order chi connectivity index (χ0) is 28.7. The Kier molecular flexibility index (Phi) is 7.26. The van der Waals surface area contributed by atoms with Crippen LogP contribution in [0, 0.1) is 5.92 Å². The van der Waals surface area contributed by atoms with E-state index in [0.717, 1.165) is 28.3 Å². The fourth-order valence-electron chi connectivity index (χ4n) is 4.86. The molecule has 40 heavy (non-hydrogen) atoms. The van der Waals surface area contributed by atoms with E-state index in [2.05, 4.69) is 0 Å². The van der Waals surface area contributed by atoms with Gasteiger partial charge in [0.25, 0.3) is 0 Å². The van der Waals surface area contributed by atoms with Crippen molar-refractivity contribution in [3.05, 3.63) is 100 Å². The molecule has 210 valence electrons. The van der Waals surface area contributed by atoms with Gasteiger partial charge in [0.2, 0.25) is 0 Å². The second-order valence-electron chi connectivity index (χ2n) is 9.68. The van der Waals surface area contributed by atoms with Crippen LogP contribution in [0.25, 0.3) is 5.57 Å². The van der Waals surface area contributed by atoms with E-state index in [0.29, 0.717) is 31.5 Å². The first-order valence-electron chi connectivity index (χ1n) is 12.3. The molecule has 1 fully saturated rings. The Bertz CT molecular complexity index is 1440. The molecule has 0 bridgehead atoms. The van der Waals surface area contributed by atoms with E-state index in [1.165, 1.54) is 6.07 Å². The molecule has 0 saturated carbocycles. The fraction of sp³-hybridized carbons (Fsp3) is 0.276. The van der Waals surface area contributed by atoms with Crippen molar-refractivity contribution in [1.29, 1.82) is 0 Å². The van der Waals surface area contributed by atoms with Gasteiger partial charge in [-0.1, -0.05) is 36.4 Å². The number of aliphatic carboxylic acids is 1. The van der Waals surface area contributed by atoms with Gasteiger partial charge in [-0.15, -0.1) is 0 Å². The zero-order valence-corrected chi connectivity index (χ0v) is 20.9. The molecule has 0 aliphatic carbocycles. The van der Waals surface area contributed by atoms with Crippen molar-refractivity contribution < 1.29 is 45.7 Å². The van der Waals surface area contributed by atoms with Crippen LogP contribution in [0.2, 0.25) is 0 Å². The molecule has 2 heterocycles. The van der Waals surface area contributed by atoms with Crippen LogP contribution < -0.4 is 9.47 Å². The maximum atomic E-state index is 13.5. The molecule has 5 nitrogen and oxygen atoms in total. The first-order valence-corrected chi connectivity index (χ1v) is 12.3. The van der Waals surface area contributed by atoms with E-state index in [9.17, 15) is 36.2 Å². The van der Waals surface area contributed by atoms with Crippen LogP contribution >= 0.6 is 0 Å². The maximum Gasteiger partial charge on any atom is 0.416 e. The van der Waals surface area contributed by atoms with Crippen LogP contribution in [-0.2, 0) is 23.8 Å². The van der Waals surface area contributed by atoms with Gasteiger partial charge in [0.1, 0.15) is 24.7 Å². The van der Waals surface area contributed by atoms with Gasteiger partial charge in [-0.25, -0.2) is 0 Å². The summed E-state index contributed by atoms with van der Waals surface area (Å²) in [6.07, 6.45) is -9.91. The van der Waals surface area contributed by atoms with Gasteiger partial charge >= 0.3 is 18.3 Å². The molecule has 3 aromatic rings. The highest BCUT2D eigenvalue weighted by Crippen LogP contribution is 2.41. The summed E-state index contributed by atoms with van der Waals surface area (Å²) >= 11 is 0. The van der Waals surface area contributed by atoms with E-state index in [-0.39, 0.29) is 18.4 Å². The number of ether oxygens (including phenoxy) is 2. The average molecular weight is 563 g/mol. The molecule has 0 unspecified atom stereocenters. The molecule has 1 saturated heterocycles. The lowest BCUT2D eigenvalue weighted by atomic mass is 9.89. The van der Waals surface area contributed by atoms with Crippen molar-refractivity contribution in [2.45, 2.75) is 19.0 Å². The second kappa shape index (κ2) is 10.5. The minimum absolute atomic E-state index is 0.0872. The Morgan fingerprint density at radius 3 is 2.33 bits per heavy atom. The summed E-state index contributed by atoms with van der Waals surface area (Å²) < 4.78 is 91.0. The molecule has 1 N–H and O–H groups in total. The molecule has 0 aromatic heterocycles. The largest absolute Gasteiger partial charge is 0.489 e. The van der Waals surface area contributed by atoms with E-state index in [1.807, 2.05) is 35.2 Å². The molecular formula is C29H23F6NO4. The summed E-state index contributed by atoms with van der Waals surface area (Å²) in [7, 11) is 0. The first kappa shape index (κ1) is 27.6. The predicted octanol–water partition coefficient (Wildman–Crippen LogP) is 6.51. The van der Waals surface area contributed by atoms with Gasteiger partial charge < -0.3 is 14.6 Å². The van der Waals surface area contributed by atoms with Gasteiger partial charge in [-0.3, -0.25) is 9.69 Å². The quantitative estimate of drug-likeness (QED) is 0.332. The first-order chi connectivity index (χ1) is 18.9. The van der Waals surface area contributed by atoms with Crippen molar-refractivity contribution in [1.82, 2.24) is 4.90 Å². The standard InChI is InChI=1S/C29H23F6NO4/c30-28(31,32)21-7-6-18(24(10-21)29(33,34)35)15-39-22-8-9-23-25(11-22)40-16-20(14-36-12-19(13-36)27(37)38)26(23)17-4-2-1-3-5-17/h1-11,19H,12-16H2,(H,37,38). The van der Waals surface area contributed by atoms with Crippen LogP contribution in [0.1, 0.15) is 27.8 Å². The number of hydrogen-bond acceptors (Lipinski definition) is 4. The van der Waals surface area contributed by atoms with Gasteiger partial charge in [0.05, 0.1) is 17.0 Å². The number of rotatable bonds is 7. The van der Waals surface area contributed by atoms with Crippen LogP contribution in [0.3, 0.4) is 0 Å². The molecule has 0 radical (unpaired) electrons. The number of hydrogen-bond donors (Lipinski definition) is 1. The monoisotopic (exact) mass is 563 g/mol. The van der Waals surface area contributed by atoms with Crippen LogP contribution in [0.5, 0.6) is 11.5 Å². The highest BCUT2D eigenvalue weighted by atomic mass is 19.4.